The highest BCUT2D eigenvalue weighted by Crippen LogP contribution is 2.26. The monoisotopic (exact) mass is 270 g/mol. The SMILES string of the molecule is CC.CC(C)(C)c1ccc(C=O)c(Br)c1. The minimum atomic E-state index is 0.129. The molecule has 0 fully saturated rings. The number of halogens is 1. The molecule has 0 bridgehead atoms. The molecule has 84 valence electrons. The highest BCUT2D eigenvalue weighted by molar-refractivity contribution is 9.10. The molecule has 1 aromatic rings. The molecule has 0 atom stereocenters. The molecule has 1 nitrogen and oxygen atoms in total. The van der Waals surface area contributed by atoms with Crippen molar-refractivity contribution in [2.24, 2.45) is 0 Å². The van der Waals surface area contributed by atoms with E-state index in [1.54, 1.807) is 0 Å². The van der Waals surface area contributed by atoms with Gasteiger partial charge in [0, 0.05) is 10.0 Å². The Labute approximate surface area is 101 Å². The second-order valence-corrected chi connectivity index (χ2v) is 4.96. The number of hydrogen-bond acceptors (Lipinski definition) is 1. The van der Waals surface area contributed by atoms with Crippen LogP contribution in [0, 0.1) is 0 Å². The first kappa shape index (κ1) is 14.4. The Hall–Kier alpha value is -0.630. The lowest BCUT2D eigenvalue weighted by molar-refractivity contribution is 0.112. The lowest BCUT2D eigenvalue weighted by atomic mass is 9.87. The van der Waals surface area contributed by atoms with Gasteiger partial charge in [0.2, 0.25) is 0 Å². The van der Waals surface area contributed by atoms with Gasteiger partial charge in [0.25, 0.3) is 0 Å². The van der Waals surface area contributed by atoms with Gasteiger partial charge < -0.3 is 0 Å². The third kappa shape index (κ3) is 4.17. The van der Waals surface area contributed by atoms with Gasteiger partial charge in [-0.1, -0.05) is 62.7 Å². The van der Waals surface area contributed by atoms with Crippen molar-refractivity contribution in [2.45, 2.75) is 40.0 Å². The highest BCUT2D eigenvalue weighted by atomic mass is 79.9. The zero-order valence-electron chi connectivity index (χ0n) is 10.1. The van der Waals surface area contributed by atoms with E-state index in [0.717, 1.165) is 10.8 Å². The van der Waals surface area contributed by atoms with E-state index in [-0.39, 0.29) is 5.41 Å². The van der Waals surface area contributed by atoms with E-state index >= 15 is 0 Å². The lowest BCUT2D eigenvalue weighted by Gasteiger charge is -2.19. The summed E-state index contributed by atoms with van der Waals surface area (Å²) in [6, 6.07) is 5.84. The average molecular weight is 271 g/mol. The molecule has 1 aromatic carbocycles. The molecule has 0 saturated heterocycles. The van der Waals surface area contributed by atoms with Crippen LogP contribution in [0.3, 0.4) is 0 Å². The van der Waals surface area contributed by atoms with E-state index in [4.69, 9.17) is 0 Å². The maximum absolute atomic E-state index is 10.6. The molecule has 0 amide bonds. The standard InChI is InChI=1S/C11H13BrO.C2H6/c1-11(2,3)9-5-4-8(7-13)10(12)6-9;1-2/h4-7H,1-3H3;1-2H3. The Morgan fingerprint density at radius 2 is 1.73 bits per heavy atom. The van der Waals surface area contributed by atoms with E-state index in [1.165, 1.54) is 5.56 Å². The van der Waals surface area contributed by atoms with Gasteiger partial charge in [-0.25, -0.2) is 0 Å². The molecule has 0 aliphatic carbocycles. The van der Waals surface area contributed by atoms with Crippen molar-refractivity contribution in [1.82, 2.24) is 0 Å². The summed E-state index contributed by atoms with van der Waals surface area (Å²) < 4.78 is 0.870. The van der Waals surface area contributed by atoms with Crippen molar-refractivity contribution in [3.05, 3.63) is 33.8 Å². The average Bonchev–Trinajstić information content (AvgIpc) is 2.19. The summed E-state index contributed by atoms with van der Waals surface area (Å²) in [7, 11) is 0. The third-order valence-electron chi connectivity index (χ3n) is 1.99. The Morgan fingerprint density at radius 3 is 2.07 bits per heavy atom. The Bertz CT molecular complexity index is 324. The number of carbonyl (C=O) groups excluding carboxylic acids is 1. The second kappa shape index (κ2) is 6.06. The van der Waals surface area contributed by atoms with Crippen LogP contribution in [-0.2, 0) is 5.41 Å². The summed E-state index contributed by atoms with van der Waals surface area (Å²) >= 11 is 3.37. The Kier molecular flexibility index (Phi) is 5.81. The molecule has 0 saturated carbocycles. The van der Waals surface area contributed by atoms with Crippen molar-refractivity contribution < 1.29 is 4.79 Å². The largest absolute Gasteiger partial charge is 0.298 e. The fourth-order valence-electron chi connectivity index (χ4n) is 1.09. The molecule has 0 aromatic heterocycles. The van der Waals surface area contributed by atoms with E-state index in [1.807, 2.05) is 32.0 Å². The number of hydrogen-bond donors (Lipinski definition) is 0. The first-order valence-electron chi connectivity index (χ1n) is 5.20. The molecule has 1 rings (SSSR count). The predicted molar refractivity (Wildman–Crippen MR) is 69.6 cm³/mol. The van der Waals surface area contributed by atoms with Crippen LogP contribution in [-0.4, -0.2) is 6.29 Å². The van der Waals surface area contributed by atoms with Crippen LogP contribution in [0.1, 0.15) is 50.5 Å². The molecule has 0 heterocycles. The summed E-state index contributed by atoms with van der Waals surface area (Å²) in [6.45, 7) is 10.4. The van der Waals surface area contributed by atoms with Crippen LogP contribution in [0.15, 0.2) is 22.7 Å². The summed E-state index contributed by atoms with van der Waals surface area (Å²) in [5.41, 5.74) is 2.06. The first-order chi connectivity index (χ1) is 6.95. The van der Waals surface area contributed by atoms with Gasteiger partial charge in [-0.2, -0.15) is 0 Å². The maximum atomic E-state index is 10.6. The van der Waals surface area contributed by atoms with Crippen molar-refractivity contribution in [2.75, 3.05) is 0 Å². The van der Waals surface area contributed by atoms with E-state index in [9.17, 15) is 4.79 Å². The number of rotatable bonds is 1. The van der Waals surface area contributed by atoms with Gasteiger partial charge in [0.1, 0.15) is 0 Å². The number of carbonyl (C=O) groups is 1. The minimum Gasteiger partial charge on any atom is -0.298 e. The fourth-order valence-corrected chi connectivity index (χ4v) is 1.56. The van der Waals surface area contributed by atoms with E-state index < -0.39 is 0 Å². The van der Waals surface area contributed by atoms with Crippen molar-refractivity contribution in [3.8, 4) is 0 Å². The lowest BCUT2D eigenvalue weighted by Crippen LogP contribution is -2.11. The summed E-state index contributed by atoms with van der Waals surface area (Å²) in [5, 5.41) is 0. The normalized spacial score (nSPS) is 10.3. The van der Waals surface area contributed by atoms with Crippen LogP contribution in [0.2, 0.25) is 0 Å². The summed E-state index contributed by atoms with van der Waals surface area (Å²) in [5.74, 6) is 0. The van der Waals surface area contributed by atoms with E-state index in [2.05, 4.69) is 36.7 Å². The van der Waals surface area contributed by atoms with Crippen molar-refractivity contribution in [3.63, 3.8) is 0 Å². The van der Waals surface area contributed by atoms with Crippen molar-refractivity contribution in [1.29, 1.82) is 0 Å². The van der Waals surface area contributed by atoms with Crippen LogP contribution in [0.25, 0.3) is 0 Å². The molecule has 0 N–H and O–H groups in total. The van der Waals surface area contributed by atoms with Crippen LogP contribution < -0.4 is 0 Å². The second-order valence-electron chi connectivity index (χ2n) is 4.10. The third-order valence-corrected chi connectivity index (χ3v) is 2.68. The molecular weight excluding hydrogens is 252 g/mol. The smallest absolute Gasteiger partial charge is 0.151 e. The van der Waals surface area contributed by atoms with Gasteiger partial charge in [-0.05, 0) is 17.0 Å². The number of aldehydes is 1. The molecule has 0 spiro atoms. The molecule has 0 radical (unpaired) electrons. The van der Waals surface area contributed by atoms with Gasteiger partial charge in [-0.3, -0.25) is 4.79 Å². The first-order valence-corrected chi connectivity index (χ1v) is 5.99. The molecule has 0 aliphatic heterocycles. The van der Waals surface area contributed by atoms with Crippen LogP contribution in [0.5, 0.6) is 0 Å². The fraction of sp³-hybridized carbons (Fsp3) is 0.462. The van der Waals surface area contributed by atoms with Crippen LogP contribution >= 0.6 is 15.9 Å². The van der Waals surface area contributed by atoms with Crippen molar-refractivity contribution >= 4 is 22.2 Å². The van der Waals surface area contributed by atoms with Gasteiger partial charge in [0.15, 0.2) is 6.29 Å². The molecular formula is C13H19BrO. The zero-order valence-corrected chi connectivity index (χ0v) is 11.7. The maximum Gasteiger partial charge on any atom is 0.151 e. The number of benzene rings is 1. The Balaban J connectivity index is 0.000000921. The Morgan fingerprint density at radius 1 is 1.20 bits per heavy atom. The molecule has 2 heteroatoms. The van der Waals surface area contributed by atoms with Gasteiger partial charge >= 0.3 is 0 Å². The van der Waals surface area contributed by atoms with E-state index in [0.29, 0.717) is 5.56 Å². The highest BCUT2D eigenvalue weighted by Gasteiger charge is 2.14. The topological polar surface area (TPSA) is 17.1 Å². The van der Waals surface area contributed by atoms with Gasteiger partial charge in [0.05, 0.1) is 0 Å². The molecule has 15 heavy (non-hydrogen) atoms. The summed E-state index contributed by atoms with van der Waals surface area (Å²) in [4.78, 5) is 10.6. The predicted octanol–water partition coefficient (Wildman–Crippen LogP) is 4.59. The molecule has 0 aliphatic rings. The summed E-state index contributed by atoms with van der Waals surface area (Å²) in [6.07, 6.45) is 0.858. The molecule has 0 unspecified atom stereocenters. The van der Waals surface area contributed by atoms with Crippen LogP contribution in [0.4, 0.5) is 0 Å². The van der Waals surface area contributed by atoms with Gasteiger partial charge in [-0.15, -0.1) is 0 Å². The quantitative estimate of drug-likeness (QED) is 0.683. The minimum absolute atomic E-state index is 0.129. The zero-order chi connectivity index (χ0) is 12.1.